The second kappa shape index (κ2) is 10.6. The fourth-order valence-electron chi connectivity index (χ4n) is 3.95. The molecule has 9 heteroatoms. The molecule has 7 nitrogen and oxygen atoms in total. The second-order valence-electron chi connectivity index (χ2n) is 8.35. The number of nitrogens with zero attached hydrogens (tertiary/aromatic N) is 2. The predicted molar refractivity (Wildman–Crippen MR) is 147 cm³/mol. The monoisotopic (exact) mass is 574 g/mol. The van der Waals surface area contributed by atoms with E-state index in [-0.39, 0.29) is 17.1 Å². The van der Waals surface area contributed by atoms with Gasteiger partial charge in [0.25, 0.3) is 16.8 Å². The molecule has 4 aromatic rings. The number of imide groups is 1. The van der Waals surface area contributed by atoms with Crippen molar-refractivity contribution in [2.75, 3.05) is 0 Å². The van der Waals surface area contributed by atoms with Crippen LogP contribution >= 0.6 is 27.7 Å². The lowest BCUT2D eigenvalue weighted by Gasteiger charge is -2.12. The minimum atomic E-state index is -0.510. The maximum atomic E-state index is 12.9. The van der Waals surface area contributed by atoms with Gasteiger partial charge in [0.2, 0.25) is 0 Å². The molecule has 184 valence electrons. The molecule has 4 aromatic carbocycles. The van der Waals surface area contributed by atoms with Gasteiger partial charge in [-0.15, -0.1) is 0 Å². The molecule has 1 heterocycles. The zero-order valence-electron chi connectivity index (χ0n) is 19.3. The first-order chi connectivity index (χ1) is 17.9. The minimum Gasteiger partial charge on any atom is -0.488 e. The van der Waals surface area contributed by atoms with Gasteiger partial charge in [-0.1, -0.05) is 54.6 Å². The molecule has 0 atom stereocenters. The van der Waals surface area contributed by atoms with Gasteiger partial charge in [-0.05, 0) is 79.4 Å². The third-order valence-corrected chi connectivity index (χ3v) is 7.32. The highest BCUT2D eigenvalue weighted by atomic mass is 79.9. The SMILES string of the molecule is O=C1S/C(=C/c2ccc(OCc3ccc4ccccc4c3)c(Br)c2)C(=O)N1Cc1cccc([N+](=O)[O-])c1. The van der Waals surface area contributed by atoms with Crippen LogP contribution in [0.5, 0.6) is 5.75 Å². The van der Waals surface area contributed by atoms with Crippen LogP contribution in [-0.2, 0) is 17.9 Å². The lowest BCUT2D eigenvalue weighted by Crippen LogP contribution is -2.27. The summed E-state index contributed by atoms with van der Waals surface area (Å²) >= 11 is 4.38. The summed E-state index contributed by atoms with van der Waals surface area (Å²) in [7, 11) is 0. The summed E-state index contributed by atoms with van der Waals surface area (Å²) in [6.45, 7) is 0.369. The highest BCUT2D eigenvalue weighted by Crippen LogP contribution is 2.35. The van der Waals surface area contributed by atoms with Gasteiger partial charge in [-0.2, -0.15) is 0 Å². The molecule has 2 amide bonds. The number of carbonyl (C=O) groups excluding carboxylic acids is 2. The van der Waals surface area contributed by atoms with Crippen LogP contribution in [0, 0.1) is 10.1 Å². The fraction of sp³-hybridized carbons (Fsp3) is 0.0714. The number of benzene rings is 4. The van der Waals surface area contributed by atoms with E-state index in [1.165, 1.54) is 23.6 Å². The molecule has 5 rings (SSSR count). The van der Waals surface area contributed by atoms with Gasteiger partial charge in [-0.3, -0.25) is 24.6 Å². The lowest BCUT2D eigenvalue weighted by atomic mass is 10.1. The molecule has 1 aliphatic rings. The summed E-state index contributed by atoms with van der Waals surface area (Å²) in [6, 6.07) is 25.7. The van der Waals surface area contributed by atoms with E-state index in [1.807, 2.05) is 36.4 Å². The van der Waals surface area contributed by atoms with Crippen molar-refractivity contribution in [2.24, 2.45) is 0 Å². The molecule has 0 N–H and O–H groups in total. The Kier molecular flexibility index (Phi) is 7.07. The van der Waals surface area contributed by atoms with E-state index in [4.69, 9.17) is 4.74 Å². The zero-order valence-corrected chi connectivity index (χ0v) is 21.7. The van der Waals surface area contributed by atoms with Gasteiger partial charge >= 0.3 is 0 Å². The number of rotatable bonds is 7. The van der Waals surface area contributed by atoms with Crippen LogP contribution in [0.2, 0.25) is 0 Å². The number of non-ortho nitro benzene ring substituents is 1. The number of hydrogen-bond acceptors (Lipinski definition) is 6. The van der Waals surface area contributed by atoms with E-state index in [9.17, 15) is 19.7 Å². The molecule has 1 fully saturated rings. The first-order valence-electron chi connectivity index (χ1n) is 11.3. The smallest absolute Gasteiger partial charge is 0.293 e. The molecule has 0 spiro atoms. The molecule has 1 aliphatic heterocycles. The first kappa shape index (κ1) is 24.7. The van der Waals surface area contributed by atoms with Gasteiger partial charge in [0, 0.05) is 12.1 Å². The number of fused-ring (bicyclic) bond motifs is 1. The maximum absolute atomic E-state index is 12.9. The molecule has 0 aromatic heterocycles. The Balaban J connectivity index is 1.27. The Morgan fingerprint density at radius 2 is 1.73 bits per heavy atom. The molecule has 0 bridgehead atoms. The minimum absolute atomic E-state index is 0.0328. The Hall–Kier alpha value is -3.95. The van der Waals surface area contributed by atoms with Crippen LogP contribution in [0.4, 0.5) is 10.5 Å². The zero-order chi connectivity index (χ0) is 25.9. The topological polar surface area (TPSA) is 89.8 Å². The standard InChI is InChI=1S/C28H19BrN2O5S/c29-24-14-18(9-11-25(24)36-17-20-8-10-21-5-1-2-6-22(21)12-20)15-26-27(32)30(28(33)37-26)16-19-4-3-7-23(13-19)31(34)35/h1-15H,16-17H2/b26-15+. The number of amides is 2. The third-order valence-electron chi connectivity index (χ3n) is 5.80. The second-order valence-corrected chi connectivity index (χ2v) is 10.2. The van der Waals surface area contributed by atoms with Gasteiger partial charge in [0.15, 0.2) is 0 Å². The van der Waals surface area contributed by atoms with Gasteiger partial charge in [0.1, 0.15) is 12.4 Å². The number of hydrogen-bond donors (Lipinski definition) is 0. The highest BCUT2D eigenvalue weighted by molar-refractivity contribution is 9.10. The lowest BCUT2D eigenvalue weighted by molar-refractivity contribution is -0.384. The van der Waals surface area contributed by atoms with E-state index in [2.05, 4.69) is 40.2 Å². The summed E-state index contributed by atoms with van der Waals surface area (Å²) in [4.78, 5) is 37.3. The molecule has 0 saturated carbocycles. The van der Waals surface area contributed by atoms with E-state index in [0.29, 0.717) is 17.9 Å². The van der Waals surface area contributed by atoms with Crippen LogP contribution in [0.3, 0.4) is 0 Å². The van der Waals surface area contributed by atoms with Crippen LogP contribution in [0.15, 0.2) is 94.3 Å². The summed E-state index contributed by atoms with van der Waals surface area (Å²) < 4.78 is 6.72. The van der Waals surface area contributed by atoms with E-state index in [0.717, 1.165) is 37.6 Å². The highest BCUT2D eigenvalue weighted by Gasteiger charge is 2.35. The van der Waals surface area contributed by atoms with Crippen molar-refractivity contribution in [3.63, 3.8) is 0 Å². The van der Waals surface area contributed by atoms with Crippen LogP contribution in [0.25, 0.3) is 16.8 Å². The normalized spacial score (nSPS) is 14.5. The van der Waals surface area contributed by atoms with E-state index in [1.54, 1.807) is 12.1 Å². The van der Waals surface area contributed by atoms with Gasteiger partial charge in [-0.25, -0.2) is 0 Å². The number of carbonyl (C=O) groups is 2. The average molecular weight is 575 g/mol. The van der Waals surface area contributed by atoms with E-state index >= 15 is 0 Å². The molecule has 0 unspecified atom stereocenters. The van der Waals surface area contributed by atoms with Crippen molar-refractivity contribution < 1.29 is 19.2 Å². The third kappa shape index (κ3) is 5.58. The van der Waals surface area contributed by atoms with Crippen molar-refractivity contribution in [2.45, 2.75) is 13.2 Å². The van der Waals surface area contributed by atoms with Crippen molar-refractivity contribution in [3.05, 3.63) is 121 Å². The summed E-state index contributed by atoms with van der Waals surface area (Å²) in [5.74, 6) is 0.221. The largest absolute Gasteiger partial charge is 0.488 e. The number of nitro benzene ring substituents is 1. The summed E-state index contributed by atoms with van der Waals surface area (Å²) in [5.41, 5.74) is 2.19. The molecule has 0 radical (unpaired) electrons. The molecule has 0 aliphatic carbocycles. The first-order valence-corrected chi connectivity index (χ1v) is 12.9. The average Bonchev–Trinajstić information content (AvgIpc) is 3.15. The molecular weight excluding hydrogens is 556 g/mol. The Bertz CT molecular complexity index is 1590. The number of halogens is 1. The van der Waals surface area contributed by atoms with Crippen molar-refractivity contribution in [1.82, 2.24) is 4.90 Å². The van der Waals surface area contributed by atoms with E-state index < -0.39 is 16.1 Å². The van der Waals surface area contributed by atoms with Gasteiger partial charge in [0.05, 0.1) is 20.8 Å². The summed E-state index contributed by atoms with van der Waals surface area (Å²) in [6.07, 6.45) is 1.65. The Morgan fingerprint density at radius 1 is 0.919 bits per heavy atom. The Labute approximate surface area is 225 Å². The van der Waals surface area contributed by atoms with Crippen LogP contribution in [0.1, 0.15) is 16.7 Å². The van der Waals surface area contributed by atoms with Crippen LogP contribution < -0.4 is 4.74 Å². The number of thioether (sulfide) groups is 1. The maximum Gasteiger partial charge on any atom is 0.293 e. The predicted octanol–water partition coefficient (Wildman–Crippen LogP) is 7.33. The van der Waals surface area contributed by atoms with Crippen molar-refractivity contribution >= 4 is 61.4 Å². The molecule has 1 saturated heterocycles. The van der Waals surface area contributed by atoms with Gasteiger partial charge < -0.3 is 4.74 Å². The summed E-state index contributed by atoms with van der Waals surface area (Å²) in [5, 5.41) is 12.9. The Morgan fingerprint density at radius 3 is 2.51 bits per heavy atom. The fourth-order valence-corrected chi connectivity index (χ4v) is 5.30. The molecule has 37 heavy (non-hydrogen) atoms. The number of nitro groups is 1. The molecular formula is C28H19BrN2O5S. The van der Waals surface area contributed by atoms with Crippen LogP contribution in [-0.4, -0.2) is 21.0 Å². The number of ether oxygens (including phenoxy) is 1. The van der Waals surface area contributed by atoms with Crippen molar-refractivity contribution in [1.29, 1.82) is 0 Å². The van der Waals surface area contributed by atoms with Crippen molar-refractivity contribution in [3.8, 4) is 5.75 Å². The quantitative estimate of drug-likeness (QED) is 0.130.